The average molecular weight is 245 g/mol. The maximum Gasteiger partial charge on any atom is 0.308 e. The van der Waals surface area contributed by atoms with Gasteiger partial charge < -0.3 is 15.4 Å². The largest absolute Gasteiger partial charge is 0.481 e. The van der Waals surface area contributed by atoms with Crippen LogP contribution in [0.3, 0.4) is 0 Å². The van der Waals surface area contributed by atoms with Crippen molar-refractivity contribution in [1.82, 2.24) is 15.3 Å². The van der Waals surface area contributed by atoms with Gasteiger partial charge in [-0.25, -0.2) is 0 Å². The van der Waals surface area contributed by atoms with Gasteiger partial charge in [-0.2, -0.15) is 0 Å². The molecule has 3 heterocycles. The third-order valence-corrected chi connectivity index (χ3v) is 3.66. The van der Waals surface area contributed by atoms with Crippen LogP contribution >= 0.6 is 0 Å². The average Bonchev–Trinajstić information content (AvgIpc) is 2.82. The van der Waals surface area contributed by atoms with E-state index in [4.69, 9.17) is 0 Å². The molecule has 5 nitrogen and oxygen atoms in total. The number of piperidine rings is 1. The lowest BCUT2D eigenvalue weighted by atomic mass is 9.82. The number of carboxylic acids is 1. The van der Waals surface area contributed by atoms with Gasteiger partial charge in [-0.05, 0) is 30.7 Å². The number of carbonyl (C=O) groups is 1. The van der Waals surface area contributed by atoms with Crippen LogP contribution in [-0.2, 0) is 4.79 Å². The van der Waals surface area contributed by atoms with Gasteiger partial charge in [0.05, 0.1) is 17.0 Å². The predicted octanol–water partition coefficient (Wildman–Crippen LogP) is 1.34. The molecule has 3 rings (SSSR count). The molecule has 1 fully saturated rings. The number of nitrogens with zero attached hydrogens (tertiary/aromatic N) is 1. The topological polar surface area (TPSA) is 78.0 Å². The fourth-order valence-corrected chi connectivity index (χ4v) is 2.75. The third-order valence-electron chi connectivity index (χ3n) is 3.66. The fraction of sp³-hybridized carbons (Fsp3) is 0.385. The molecule has 2 atom stereocenters. The quantitative estimate of drug-likeness (QED) is 0.746. The Morgan fingerprint density at radius 3 is 3.22 bits per heavy atom. The van der Waals surface area contributed by atoms with E-state index < -0.39 is 5.97 Å². The van der Waals surface area contributed by atoms with Crippen LogP contribution < -0.4 is 5.32 Å². The van der Waals surface area contributed by atoms with Crippen molar-refractivity contribution in [2.24, 2.45) is 5.92 Å². The van der Waals surface area contributed by atoms with E-state index >= 15 is 0 Å². The van der Waals surface area contributed by atoms with Crippen LogP contribution in [0.25, 0.3) is 11.0 Å². The molecule has 18 heavy (non-hydrogen) atoms. The Hall–Kier alpha value is -1.88. The molecule has 1 aliphatic rings. The van der Waals surface area contributed by atoms with Crippen LogP contribution in [-0.4, -0.2) is 34.1 Å². The maximum absolute atomic E-state index is 11.3. The van der Waals surface area contributed by atoms with Crippen LogP contribution in [0.15, 0.2) is 24.5 Å². The Bertz CT molecular complexity index is 578. The highest BCUT2D eigenvalue weighted by atomic mass is 16.4. The van der Waals surface area contributed by atoms with E-state index in [9.17, 15) is 9.90 Å². The third kappa shape index (κ3) is 1.76. The molecule has 0 amide bonds. The summed E-state index contributed by atoms with van der Waals surface area (Å²) in [6.45, 7) is 1.38. The van der Waals surface area contributed by atoms with E-state index in [0.717, 1.165) is 29.6 Å². The van der Waals surface area contributed by atoms with Gasteiger partial charge in [-0.15, -0.1) is 0 Å². The molecule has 94 valence electrons. The van der Waals surface area contributed by atoms with Crippen molar-refractivity contribution >= 4 is 17.0 Å². The van der Waals surface area contributed by atoms with Crippen LogP contribution in [0.4, 0.5) is 0 Å². The molecule has 2 unspecified atom stereocenters. The van der Waals surface area contributed by atoms with E-state index in [-0.39, 0.29) is 11.8 Å². The normalized spacial score (nSPS) is 24.2. The molecule has 1 saturated heterocycles. The van der Waals surface area contributed by atoms with Gasteiger partial charge in [-0.3, -0.25) is 9.78 Å². The molecule has 0 radical (unpaired) electrons. The molecule has 2 aromatic rings. The van der Waals surface area contributed by atoms with Crippen LogP contribution in [0.2, 0.25) is 0 Å². The highest BCUT2D eigenvalue weighted by Gasteiger charge is 2.33. The van der Waals surface area contributed by atoms with E-state index in [0.29, 0.717) is 6.54 Å². The zero-order valence-corrected chi connectivity index (χ0v) is 9.89. The summed E-state index contributed by atoms with van der Waals surface area (Å²) in [4.78, 5) is 18.9. The second kappa shape index (κ2) is 4.42. The molecule has 0 aromatic carbocycles. The SMILES string of the molecule is O=C(O)C1CNCCC1c1c[nH]c2cccnc12. The lowest BCUT2D eigenvalue weighted by Gasteiger charge is -2.28. The predicted molar refractivity (Wildman–Crippen MR) is 67.4 cm³/mol. The van der Waals surface area contributed by atoms with Crippen molar-refractivity contribution in [3.63, 3.8) is 0 Å². The van der Waals surface area contributed by atoms with Gasteiger partial charge in [0, 0.05) is 24.9 Å². The van der Waals surface area contributed by atoms with Gasteiger partial charge in [0.1, 0.15) is 0 Å². The molecule has 0 bridgehead atoms. The van der Waals surface area contributed by atoms with Gasteiger partial charge >= 0.3 is 5.97 Å². The lowest BCUT2D eigenvalue weighted by Crippen LogP contribution is -2.39. The first kappa shape index (κ1) is 11.2. The number of rotatable bonds is 2. The van der Waals surface area contributed by atoms with Crippen molar-refractivity contribution in [3.05, 3.63) is 30.1 Å². The molecular formula is C13H15N3O2. The van der Waals surface area contributed by atoms with Crippen molar-refractivity contribution in [2.75, 3.05) is 13.1 Å². The number of H-pyrrole nitrogens is 1. The van der Waals surface area contributed by atoms with E-state index in [1.807, 2.05) is 18.3 Å². The minimum atomic E-state index is -0.738. The molecule has 0 aliphatic carbocycles. The molecule has 2 aromatic heterocycles. The number of hydrogen-bond donors (Lipinski definition) is 3. The van der Waals surface area contributed by atoms with Crippen molar-refractivity contribution in [1.29, 1.82) is 0 Å². The second-order valence-electron chi connectivity index (χ2n) is 4.69. The number of aromatic nitrogens is 2. The van der Waals surface area contributed by atoms with Crippen molar-refractivity contribution in [3.8, 4) is 0 Å². The first-order valence-corrected chi connectivity index (χ1v) is 6.13. The van der Waals surface area contributed by atoms with Crippen molar-refractivity contribution < 1.29 is 9.90 Å². The number of aromatic amines is 1. The maximum atomic E-state index is 11.3. The first-order chi connectivity index (χ1) is 8.77. The number of fused-ring (bicyclic) bond motifs is 1. The summed E-state index contributed by atoms with van der Waals surface area (Å²) >= 11 is 0. The summed E-state index contributed by atoms with van der Waals surface area (Å²) in [7, 11) is 0. The number of carboxylic acid groups (broad SMARTS) is 1. The number of aliphatic carboxylic acids is 1. The van der Waals surface area contributed by atoms with Gasteiger partial charge in [0.25, 0.3) is 0 Å². The minimum absolute atomic E-state index is 0.0346. The Labute approximate surface area is 104 Å². The van der Waals surface area contributed by atoms with Gasteiger partial charge in [-0.1, -0.05) is 0 Å². The second-order valence-corrected chi connectivity index (χ2v) is 4.69. The van der Waals surface area contributed by atoms with E-state index in [1.54, 1.807) is 6.20 Å². The highest BCUT2D eigenvalue weighted by molar-refractivity contribution is 5.81. The van der Waals surface area contributed by atoms with Crippen LogP contribution in [0, 0.1) is 5.92 Å². The summed E-state index contributed by atoms with van der Waals surface area (Å²) in [6, 6.07) is 3.84. The molecular weight excluding hydrogens is 230 g/mol. The molecule has 3 N–H and O–H groups in total. The summed E-state index contributed by atoms with van der Waals surface area (Å²) < 4.78 is 0. The number of nitrogens with one attached hydrogen (secondary N) is 2. The Balaban J connectivity index is 2.04. The molecule has 0 spiro atoms. The fourth-order valence-electron chi connectivity index (χ4n) is 2.75. The Kier molecular flexibility index (Phi) is 2.76. The minimum Gasteiger partial charge on any atom is -0.481 e. The highest BCUT2D eigenvalue weighted by Crippen LogP contribution is 2.34. The van der Waals surface area contributed by atoms with E-state index in [2.05, 4.69) is 15.3 Å². The first-order valence-electron chi connectivity index (χ1n) is 6.13. The van der Waals surface area contributed by atoms with Gasteiger partial charge in [0.15, 0.2) is 0 Å². The summed E-state index contributed by atoms with van der Waals surface area (Å²) in [6.07, 6.45) is 4.49. The van der Waals surface area contributed by atoms with Crippen LogP contribution in [0.1, 0.15) is 17.9 Å². The summed E-state index contributed by atoms with van der Waals surface area (Å²) in [5, 5.41) is 12.5. The number of hydrogen-bond acceptors (Lipinski definition) is 3. The Morgan fingerprint density at radius 2 is 2.39 bits per heavy atom. The number of pyridine rings is 1. The zero-order chi connectivity index (χ0) is 12.5. The van der Waals surface area contributed by atoms with E-state index in [1.165, 1.54) is 0 Å². The zero-order valence-electron chi connectivity index (χ0n) is 9.89. The smallest absolute Gasteiger partial charge is 0.308 e. The monoisotopic (exact) mass is 245 g/mol. The molecule has 5 heteroatoms. The summed E-state index contributed by atoms with van der Waals surface area (Å²) in [5.41, 5.74) is 2.89. The standard InChI is InChI=1S/C13H15N3O2/c17-13(18)10-6-14-5-3-8(10)9-7-16-11-2-1-4-15-12(9)11/h1-2,4,7-8,10,14,16H,3,5-6H2,(H,17,18). The molecule has 1 aliphatic heterocycles. The molecule has 0 saturated carbocycles. The lowest BCUT2D eigenvalue weighted by molar-refractivity contribution is -0.142. The summed E-state index contributed by atoms with van der Waals surface area (Å²) in [5.74, 6) is -1.08. The van der Waals surface area contributed by atoms with Crippen LogP contribution in [0.5, 0.6) is 0 Å². The Morgan fingerprint density at radius 1 is 1.50 bits per heavy atom. The van der Waals surface area contributed by atoms with Crippen molar-refractivity contribution in [2.45, 2.75) is 12.3 Å². The van der Waals surface area contributed by atoms with Gasteiger partial charge in [0.2, 0.25) is 0 Å².